The Morgan fingerprint density at radius 1 is 1.04 bits per heavy atom. The molecule has 144 valence electrons. The summed E-state index contributed by atoms with van der Waals surface area (Å²) in [6.45, 7) is 12.6. The van der Waals surface area contributed by atoms with Gasteiger partial charge in [0.15, 0.2) is 0 Å². The summed E-state index contributed by atoms with van der Waals surface area (Å²) in [5, 5.41) is 12.5. The second kappa shape index (κ2) is 8.64. The van der Waals surface area contributed by atoms with Crippen molar-refractivity contribution in [1.82, 2.24) is 16.0 Å². The maximum atomic E-state index is 12.9. The molecule has 1 fully saturated rings. The van der Waals surface area contributed by atoms with Crippen molar-refractivity contribution in [1.29, 1.82) is 0 Å². The van der Waals surface area contributed by atoms with Gasteiger partial charge in [0.05, 0.1) is 0 Å². The molecule has 0 spiro atoms. The lowest BCUT2D eigenvalue weighted by Gasteiger charge is -2.39. The normalized spacial score (nSPS) is 25.8. The molecule has 26 heavy (non-hydrogen) atoms. The van der Waals surface area contributed by atoms with E-state index in [0.717, 1.165) is 16.8 Å². The number of hydrogen-bond acceptors (Lipinski definition) is 4. The molecular formula is C20H32N4O2. The molecular weight excluding hydrogens is 328 g/mol. The highest BCUT2D eigenvalue weighted by Crippen LogP contribution is 2.18. The summed E-state index contributed by atoms with van der Waals surface area (Å²) in [5.41, 5.74) is 2.85. The molecule has 4 atom stereocenters. The van der Waals surface area contributed by atoms with Crippen molar-refractivity contribution in [3.63, 3.8) is 0 Å². The Bertz CT molecular complexity index is 659. The fourth-order valence-electron chi connectivity index (χ4n) is 3.00. The number of benzene rings is 1. The number of carbonyl (C=O) groups is 2. The van der Waals surface area contributed by atoms with Gasteiger partial charge in [0.25, 0.3) is 0 Å². The van der Waals surface area contributed by atoms with E-state index in [1.54, 1.807) is 0 Å². The summed E-state index contributed by atoms with van der Waals surface area (Å²) in [7, 11) is 0. The summed E-state index contributed by atoms with van der Waals surface area (Å²) in [5.74, 6) is 0.00905. The average Bonchev–Trinajstić information content (AvgIpc) is 2.57. The van der Waals surface area contributed by atoms with E-state index in [2.05, 4.69) is 21.3 Å². The molecule has 4 unspecified atom stereocenters. The number of anilines is 1. The Labute approximate surface area is 156 Å². The molecule has 1 heterocycles. The van der Waals surface area contributed by atoms with E-state index in [1.807, 2.05) is 59.7 Å². The summed E-state index contributed by atoms with van der Waals surface area (Å²) in [6, 6.07) is 4.88. The molecule has 0 aromatic heterocycles. The van der Waals surface area contributed by atoms with Gasteiger partial charge in [-0.25, -0.2) is 0 Å². The van der Waals surface area contributed by atoms with Crippen LogP contribution in [0.4, 0.5) is 5.69 Å². The van der Waals surface area contributed by atoms with Crippen molar-refractivity contribution in [3.8, 4) is 0 Å². The molecule has 1 aromatic carbocycles. The van der Waals surface area contributed by atoms with Gasteiger partial charge in [0.1, 0.15) is 12.1 Å². The van der Waals surface area contributed by atoms with E-state index < -0.39 is 12.1 Å². The molecule has 6 heteroatoms. The van der Waals surface area contributed by atoms with E-state index in [9.17, 15) is 9.59 Å². The minimum Gasteiger partial charge on any atom is -0.354 e. The van der Waals surface area contributed by atoms with Crippen molar-refractivity contribution in [2.75, 3.05) is 11.9 Å². The standard InChI is InChI=1S/C20H32N4O2/c1-11(2)10-21-19(25)17-18(23-15(6)14(5)22-17)20(26)24-16-9-12(3)7-8-13(16)4/h7-9,11,14-15,17-18,22-23H,10H2,1-6H3,(H,21,25)(H,24,26). The second-order valence-electron chi connectivity index (χ2n) is 7.81. The fourth-order valence-corrected chi connectivity index (χ4v) is 3.00. The average molecular weight is 361 g/mol. The van der Waals surface area contributed by atoms with Gasteiger partial charge in [-0.15, -0.1) is 0 Å². The number of rotatable bonds is 5. The number of piperazine rings is 1. The van der Waals surface area contributed by atoms with Crippen LogP contribution in [0.2, 0.25) is 0 Å². The molecule has 4 N–H and O–H groups in total. The summed E-state index contributed by atoms with van der Waals surface area (Å²) in [6.07, 6.45) is 0. The highest BCUT2D eigenvalue weighted by molar-refractivity contribution is 6.00. The van der Waals surface area contributed by atoms with Crippen molar-refractivity contribution >= 4 is 17.5 Å². The molecule has 1 aromatic rings. The van der Waals surface area contributed by atoms with Gasteiger partial charge in [-0.3, -0.25) is 9.59 Å². The summed E-state index contributed by atoms with van der Waals surface area (Å²) < 4.78 is 0. The monoisotopic (exact) mass is 360 g/mol. The van der Waals surface area contributed by atoms with Crippen molar-refractivity contribution in [2.24, 2.45) is 5.92 Å². The van der Waals surface area contributed by atoms with Gasteiger partial charge in [0, 0.05) is 24.3 Å². The van der Waals surface area contributed by atoms with Crippen LogP contribution in [0.1, 0.15) is 38.8 Å². The number of hydrogen-bond donors (Lipinski definition) is 4. The first-order valence-electron chi connectivity index (χ1n) is 9.37. The van der Waals surface area contributed by atoms with Crippen LogP contribution in [0.3, 0.4) is 0 Å². The van der Waals surface area contributed by atoms with E-state index >= 15 is 0 Å². The van der Waals surface area contributed by atoms with Crippen LogP contribution in [-0.2, 0) is 9.59 Å². The molecule has 1 aliphatic heterocycles. The quantitative estimate of drug-likeness (QED) is 0.644. The van der Waals surface area contributed by atoms with Gasteiger partial charge in [-0.2, -0.15) is 0 Å². The highest BCUT2D eigenvalue weighted by Gasteiger charge is 2.40. The van der Waals surface area contributed by atoms with Gasteiger partial charge in [-0.05, 0) is 50.8 Å². The van der Waals surface area contributed by atoms with E-state index in [4.69, 9.17) is 0 Å². The maximum Gasteiger partial charge on any atom is 0.243 e. The van der Waals surface area contributed by atoms with E-state index in [1.165, 1.54) is 0 Å². The lowest BCUT2D eigenvalue weighted by molar-refractivity contribution is -0.130. The maximum absolute atomic E-state index is 12.9. The molecule has 2 amide bonds. The van der Waals surface area contributed by atoms with Gasteiger partial charge >= 0.3 is 0 Å². The van der Waals surface area contributed by atoms with Crippen LogP contribution in [0.15, 0.2) is 18.2 Å². The Morgan fingerprint density at radius 3 is 2.19 bits per heavy atom. The number of nitrogens with one attached hydrogen (secondary N) is 4. The second-order valence-corrected chi connectivity index (χ2v) is 7.81. The molecule has 6 nitrogen and oxygen atoms in total. The largest absolute Gasteiger partial charge is 0.354 e. The number of amides is 2. The molecule has 1 saturated heterocycles. The Balaban J connectivity index is 2.16. The van der Waals surface area contributed by atoms with E-state index in [-0.39, 0.29) is 23.9 Å². The lowest BCUT2D eigenvalue weighted by Crippen LogP contribution is -2.71. The summed E-state index contributed by atoms with van der Waals surface area (Å²) in [4.78, 5) is 25.6. The summed E-state index contributed by atoms with van der Waals surface area (Å²) >= 11 is 0. The van der Waals surface area contributed by atoms with Gasteiger partial charge < -0.3 is 21.3 Å². The number of carbonyl (C=O) groups excluding carboxylic acids is 2. The lowest BCUT2D eigenvalue weighted by atomic mass is 9.96. The van der Waals surface area contributed by atoms with Crippen LogP contribution in [0.25, 0.3) is 0 Å². The topological polar surface area (TPSA) is 82.3 Å². The molecule has 2 rings (SSSR count). The third kappa shape index (κ3) is 5.05. The third-order valence-corrected chi connectivity index (χ3v) is 4.87. The van der Waals surface area contributed by atoms with Crippen LogP contribution in [-0.4, -0.2) is 42.5 Å². The third-order valence-electron chi connectivity index (χ3n) is 4.87. The van der Waals surface area contributed by atoms with Crippen LogP contribution < -0.4 is 21.3 Å². The smallest absolute Gasteiger partial charge is 0.243 e. The predicted octanol–water partition coefficient (Wildman–Crippen LogP) is 1.72. The zero-order valence-electron chi connectivity index (χ0n) is 16.6. The zero-order chi connectivity index (χ0) is 19.4. The fraction of sp³-hybridized carbons (Fsp3) is 0.600. The van der Waals surface area contributed by atoms with Crippen LogP contribution in [0.5, 0.6) is 0 Å². The van der Waals surface area contributed by atoms with Gasteiger partial charge in [0.2, 0.25) is 11.8 Å². The minimum atomic E-state index is -0.631. The predicted molar refractivity (Wildman–Crippen MR) is 105 cm³/mol. The molecule has 0 saturated carbocycles. The van der Waals surface area contributed by atoms with Crippen LogP contribution in [0, 0.1) is 19.8 Å². The van der Waals surface area contributed by atoms with E-state index in [0.29, 0.717) is 12.5 Å². The Morgan fingerprint density at radius 2 is 1.62 bits per heavy atom. The minimum absolute atomic E-state index is 0.0819. The molecule has 0 aliphatic carbocycles. The molecule has 1 aliphatic rings. The molecule has 0 bridgehead atoms. The van der Waals surface area contributed by atoms with Gasteiger partial charge in [-0.1, -0.05) is 26.0 Å². The first-order chi connectivity index (χ1) is 12.2. The van der Waals surface area contributed by atoms with Crippen molar-refractivity contribution < 1.29 is 9.59 Å². The first-order valence-corrected chi connectivity index (χ1v) is 9.37. The first kappa shape index (κ1) is 20.4. The zero-order valence-corrected chi connectivity index (χ0v) is 16.6. The van der Waals surface area contributed by atoms with Crippen LogP contribution >= 0.6 is 0 Å². The molecule has 0 radical (unpaired) electrons. The Kier molecular flexibility index (Phi) is 6.78. The number of aryl methyl sites for hydroxylation is 2. The van der Waals surface area contributed by atoms with Crippen molar-refractivity contribution in [3.05, 3.63) is 29.3 Å². The van der Waals surface area contributed by atoms with Crippen molar-refractivity contribution in [2.45, 2.75) is 65.7 Å². The highest BCUT2D eigenvalue weighted by atomic mass is 16.2. The Hall–Kier alpha value is -1.92. The SMILES string of the molecule is Cc1ccc(C)c(NC(=O)C2NC(C)C(C)NC2C(=O)NCC(C)C)c1.